The maximum atomic E-state index is 11.3. The van der Waals surface area contributed by atoms with Gasteiger partial charge in [0.1, 0.15) is 5.82 Å². The van der Waals surface area contributed by atoms with E-state index in [2.05, 4.69) is 51.7 Å². The van der Waals surface area contributed by atoms with Crippen LogP contribution in [0.5, 0.6) is 0 Å². The normalized spacial score (nSPS) is 15.9. The summed E-state index contributed by atoms with van der Waals surface area (Å²) < 4.78 is 0. The van der Waals surface area contributed by atoms with Crippen molar-refractivity contribution in [2.75, 3.05) is 23.3 Å². The second kappa shape index (κ2) is 9.13. The lowest BCUT2D eigenvalue weighted by atomic mass is 10.2. The molecule has 1 aliphatic rings. The Morgan fingerprint density at radius 2 is 2.14 bits per heavy atom. The van der Waals surface area contributed by atoms with Gasteiger partial charge >= 0.3 is 0 Å². The van der Waals surface area contributed by atoms with Gasteiger partial charge in [-0.25, -0.2) is 4.98 Å². The first-order valence-corrected chi connectivity index (χ1v) is 9.85. The second-order valence-electron chi connectivity index (χ2n) is 7.33. The van der Waals surface area contributed by atoms with Crippen LogP contribution in [0.4, 0.5) is 17.5 Å². The van der Waals surface area contributed by atoms with E-state index in [9.17, 15) is 4.79 Å². The third kappa shape index (κ3) is 4.98. The quantitative estimate of drug-likeness (QED) is 0.571. The molecule has 7 nitrogen and oxygen atoms in total. The number of aromatic amines is 1. The summed E-state index contributed by atoms with van der Waals surface area (Å²) in [7, 11) is 0. The molecular formula is C21H27ClN6O. The van der Waals surface area contributed by atoms with E-state index < -0.39 is 0 Å². The highest BCUT2D eigenvalue weighted by Gasteiger charge is 2.24. The minimum atomic E-state index is 0. The van der Waals surface area contributed by atoms with Crippen molar-refractivity contribution in [3.8, 4) is 0 Å². The van der Waals surface area contributed by atoms with Crippen molar-refractivity contribution in [3.63, 3.8) is 0 Å². The van der Waals surface area contributed by atoms with E-state index in [0.717, 1.165) is 55.1 Å². The maximum absolute atomic E-state index is 11.3. The fraction of sp³-hybridized carbons (Fsp3) is 0.381. The number of rotatable bonds is 6. The molecule has 29 heavy (non-hydrogen) atoms. The van der Waals surface area contributed by atoms with Gasteiger partial charge in [0, 0.05) is 55.2 Å². The average molecular weight is 415 g/mol. The fourth-order valence-corrected chi connectivity index (χ4v) is 3.71. The van der Waals surface area contributed by atoms with E-state index >= 15 is 0 Å². The van der Waals surface area contributed by atoms with Crippen molar-refractivity contribution in [2.24, 2.45) is 0 Å². The number of nitrogens with one attached hydrogen (secondary N) is 3. The van der Waals surface area contributed by atoms with Gasteiger partial charge in [-0.15, -0.1) is 12.4 Å². The number of H-pyrrole nitrogens is 1. The summed E-state index contributed by atoms with van der Waals surface area (Å²) in [6.07, 6.45) is 4.80. The molecule has 2 aromatic heterocycles. The summed E-state index contributed by atoms with van der Waals surface area (Å²) in [5.74, 6) is 1.54. The van der Waals surface area contributed by atoms with Crippen molar-refractivity contribution < 1.29 is 4.79 Å². The van der Waals surface area contributed by atoms with Crippen LogP contribution in [0.25, 0.3) is 10.9 Å². The van der Waals surface area contributed by atoms with Crippen LogP contribution in [0.1, 0.15) is 32.4 Å². The molecule has 3 heterocycles. The Hall–Kier alpha value is -2.80. The van der Waals surface area contributed by atoms with E-state index in [1.165, 1.54) is 5.39 Å². The van der Waals surface area contributed by atoms with Gasteiger partial charge in [0.2, 0.25) is 11.9 Å². The predicted octanol–water partition coefficient (Wildman–Crippen LogP) is 3.79. The average Bonchev–Trinajstić information content (AvgIpc) is 3.30. The minimum Gasteiger partial charge on any atom is -0.361 e. The van der Waals surface area contributed by atoms with Crippen LogP contribution in [-0.4, -0.2) is 40.0 Å². The number of benzene rings is 1. The number of halogens is 1. The van der Waals surface area contributed by atoms with Crippen LogP contribution in [0, 0.1) is 0 Å². The Morgan fingerprint density at radius 1 is 1.28 bits per heavy atom. The Balaban J connectivity index is 0.00000240. The topological polar surface area (TPSA) is 85.9 Å². The molecule has 0 radical (unpaired) electrons. The molecule has 4 rings (SSSR count). The zero-order valence-corrected chi connectivity index (χ0v) is 17.6. The largest absolute Gasteiger partial charge is 0.361 e. The Morgan fingerprint density at radius 3 is 2.93 bits per heavy atom. The zero-order chi connectivity index (χ0) is 19.5. The smallest absolute Gasteiger partial charge is 0.229 e. The van der Waals surface area contributed by atoms with Gasteiger partial charge in [0.25, 0.3) is 0 Å². The molecule has 1 fully saturated rings. The van der Waals surface area contributed by atoms with E-state index in [4.69, 9.17) is 9.97 Å². The van der Waals surface area contributed by atoms with Gasteiger partial charge in [-0.3, -0.25) is 4.79 Å². The molecule has 0 aliphatic carbocycles. The number of anilines is 3. The highest BCUT2D eigenvalue weighted by atomic mass is 35.5. The lowest BCUT2D eigenvalue weighted by molar-refractivity contribution is -0.119. The second-order valence-corrected chi connectivity index (χ2v) is 7.33. The van der Waals surface area contributed by atoms with Crippen molar-refractivity contribution in [2.45, 2.75) is 39.2 Å². The van der Waals surface area contributed by atoms with Crippen LogP contribution in [0.2, 0.25) is 0 Å². The summed E-state index contributed by atoms with van der Waals surface area (Å²) in [5, 5.41) is 7.53. The number of carbonyl (C=O) groups is 1. The third-order valence-corrected chi connectivity index (χ3v) is 5.00. The molecule has 1 atom stereocenters. The van der Waals surface area contributed by atoms with Gasteiger partial charge in [-0.1, -0.05) is 19.4 Å². The number of hydrogen-bond donors (Lipinski definition) is 3. The Kier molecular flexibility index (Phi) is 6.59. The Bertz CT molecular complexity index is 988. The molecular weight excluding hydrogens is 388 g/mol. The number of hydrogen-bond acceptors (Lipinski definition) is 5. The van der Waals surface area contributed by atoms with E-state index in [0.29, 0.717) is 5.95 Å². The lowest BCUT2D eigenvalue weighted by Gasteiger charge is -2.19. The molecule has 1 amide bonds. The molecule has 0 bridgehead atoms. The van der Waals surface area contributed by atoms with Crippen molar-refractivity contribution in [1.82, 2.24) is 20.3 Å². The third-order valence-electron chi connectivity index (χ3n) is 5.00. The summed E-state index contributed by atoms with van der Waals surface area (Å²) >= 11 is 0. The molecule has 1 unspecified atom stereocenters. The molecule has 3 aromatic rings. The van der Waals surface area contributed by atoms with Crippen LogP contribution in [0.3, 0.4) is 0 Å². The number of fused-ring (bicyclic) bond motifs is 1. The number of aryl methyl sites for hydroxylation is 1. The Labute approximate surface area is 176 Å². The molecule has 154 valence electrons. The first-order chi connectivity index (χ1) is 13.6. The monoisotopic (exact) mass is 414 g/mol. The van der Waals surface area contributed by atoms with Crippen molar-refractivity contribution in [3.05, 3.63) is 42.2 Å². The number of carbonyl (C=O) groups excluding carboxylic acids is 1. The summed E-state index contributed by atoms with van der Waals surface area (Å²) in [6, 6.07) is 10.5. The summed E-state index contributed by atoms with van der Waals surface area (Å²) in [6.45, 7) is 5.36. The summed E-state index contributed by atoms with van der Waals surface area (Å²) in [4.78, 5) is 26.2. The van der Waals surface area contributed by atoms with Crippen LogP contribution >= 0.6 is 12.4 Å². The molecule has 1 saturated heterocycles. The first kappa shape index (κ1) is 20.9. The number of aromatic nitrogens is 3. The van der Waals surface area contributed by atoms with Gasteiger partial charge < -0.3 is 20.5 Å². The van der Waals surface area contributed by atoms with Crippen molar-refractivity contribution >= 4 is 46.7 Å². The molecule has 8 heteroatoms. The zero-order valence-electron chi connectivity index (χ0n) is 16.7. The molecule has 0 saturated carbocycles. The molecule has 1 aromatic carbocycles. The number of amides is 1. The van der Waals surface area contributed by atoms with Crippen LogP contribution in [0.15, 0.2) is 36.5 Å². The molecule has 3 N–H and O–H groups in total. The minimum absolute atomic E-state index is 0. The standard InChI is InChI=1S/C21H26N6O.ClH/c1-3-4-16-12-20(27-10-8-18(13-27)23-14(2)28)26-21(24-16)25-17-6-5-15-7-9-22-19(15)11-17;/h5-7,9,11-12,18,22H,3-4,8,10,13H2,1-2H3,(H,23,28)(H,24,25,26);1H. The van der Waals surface area contributed by atoms with E-state index in [-0.39, 0.29) is 24.4 Å². The number of nitrogens with zero attached hydrogens (tertiary/aromatic N) is 3. The molecule has 0 spiro atoms. The van der Waals surface area contributed by atoms with E-state index in [1.54, 1.807) is 6.92 Å². The van der Waals surface area contributed by atoms with E-state index in [1.807, 2.05) is 12.3 Å². The first-order valence-electron chi connectivity index (χ1n) is 9.85. The van der Waals surface area contributed by atoms with Gasteiger partial charge in [0.15, 0.2) is 0 Å². The SMILES string of the molecule is CCCc1cc(N2CCC(NC(C)=O)C2)nc(Nc2ccc3cc[nH]c3c2)n1.Cl. The highest BCUT2D eigenvalue weighted by Crippen LogP contribution is 2.24. The predicted molar refractivity (Wildman–Crippen MR) is 119 cm³/mol. The van der Waals surface area contributed by atoms with Gasteiger partial charge in [-0.2, -0.15) is 4.98 Å². The summed E-state index contributed by atoms with van der Waals surface area (Å²) in [5.41, 5.74) is 3.05. The molecule has 1 aliphatic heterocycles. The van der Waals surface area contributed by atoms with Gasteiger partial charge in [0.05, 0.1) is 0 Å². The van der Waals surface area contributed by atoms with Crippen LogP contribution in [-0.2, 0) is 11.2 Å². The highest BCUT2D eigenvalue weighted by molar-refractivity contribution is 5.85. The van der Waals surface area contributed by atoms with Gasteiger partial charge in [-0.05, 0) is 36.4 Å². The fourth-order valence-electron chi connectivity index (χ4n) is 3.71. The lowest BCUT2D eigenvalue weighted by Crippen LogP contribution is -2.35. The maximum Gasteiger partial charge on any atom is 0.229 e. The van der Waals surface area contributed by atoms with Crippen molar-refractivity contribution in [1.29, 1.82) is 0 Å². The van der Waals surface area contributed by atoms with Crippen LogP contribution < -0.4 is 15.5 Å².